The molecule has 0 saturated heterocycles. The topological polar surface area (TPSA) is 32.3 Å². The highest BCUT2D eigenvalue weighted by Gasteiger charge is 2.18. The number of hydrogen-bond acceptors (Lipinski definition) is 2. The van der Waals surface area contributed by atoms with Gasteiger partial charge in [0.15, 0.2) is 0 Å². The van der Waals surface area contributed by atoms with Crippen molar-refractivity contribution in [3.05, 3.63) is 70.2 Å². The van der Waals surface area contributed by atoms with E-state index in [2.05, 4.69) is 5.32 Å². The highest BCUT2D eigenvalue weighted by Crippen LogP contribution is 2.25. The van der Waals surface area contributed by atoms with Gasteiger partial charge >= 0.3 is 0 Å². The molecule has 6 heteroatoms. The molecule has 0 spiro atoms. The Kier molecular flexibility index (Phi) is 5.69. The van der Waals surface area contributed by atoms with Crippen molar-refractivity contribution in [2.45, 2.75) is 6.04 Å². The fraction of sp³-hybridized carbons (Fsp3) is 0.235. The van der Waals surface area contributed by atoms with Crippen molar-refractivity contribution in [2.75, 3.05) is 20.6 Å². The number of nitrogens with one attached hydrogen (secondary N) is 1. The Hall–Kier alpha value is -1.98. The first-order chi connectivity index (χ1) is 10.9. The van der Waals surface area contributed by atoms with Crippen molar-refractivity contribution in [1.82, 2.24) is 10.2 Å². The molecule has 0 bridgehead atoms. The summed E-state index contributed by atoms with van der Waals surface area (Å²) in [4.78, 5) is 14.0. The van der Waals surface area contributed by atoms with Crippen LogP contribution in [-0.2, 0) is 0 Å². The van der Waals surface area contributed by atoms with Gasteiger partial charge in [-0.05, 0) is 37.9 Å². The number of benzene rings is 2. The van der Waals surface area contributed by atoms with Crippen LogP contribution in [0.25, 0.3) is 0 Å². The van der Waals surface area contributed by atoms with Gasteiger partial charge in [-0.25, -0.2) is 8.78 Å². The van der Waals surface area contributed by atoms with E-state index < -0.39 is 17.5 Å². The molecule has 1 amide bonds. The van der Waals surface area contributed by atoms with E-state index in [4.69, 9.17) is 11.6 Å². The van der Waals surface area contributed by atoms with Crippen LogP contribution in [-0.4, -0.2) is 31.4 Å². The van der Waals surface area contributed by atoms with E-state index in [0.29, 0.717) is 5.02 Å². The maximum Gasteiger partial charge on any atom is 0.251 e. The summed E-state index contributed by atoms with van der Waals surface area (Å²) in [5.41, 5.74) is 0.809. The number of rotatable bonds is 5. The Morgan fingerprint density at radius 3 is 2.35 bits per heavy atom. The van der Waals surface area contributed by atoms with Crippen LogP contribution in [0.3, 0.4) is 0 Å². The van der Waals surface area contributed by atoms with E-state index in [0.717, 1.165) is 23.8 Å². The van der Waals surface area contributed by atoms with E-state index in [1.54, 1.807) is 6.07 Å². The molecule has 0 aliphatic carbocycles. The van der Waals surface area contributed by atoms with Gasteiger partial charge in [0.25, 0.3) is 5.91 Å². The largest absolute Gasteiger partial charge is 0.350 e. The fourth-order valence-corrected chi connectivity index (χ4v) is 2.55. The van der Waals surface area contributed by atoms with Crippen molar-refractivity contribution in [1.29, 1.82) is 0 Å². The lowest BCUT2D eigenvalue weighted by atomic mass is 10.1. The van der Waals surface area contributed by atoms with E-state index in [1.165, 1.54) is 0 Å². The van der Waals surface area contributed by atoms with Crippen LogP contribution in [0, 0.1) is 11.6 Å². The van der Waals surface area contributed by atoms with Gasteiger partial charge < -0.3 is 10.2 Å². The van der Waals surface area contributed by atoms with Crippen molar-refractivity contribution >= 4 is 17.5 Å². The Morgan fingerprint density at radius 1 is 1.17 bits per heavy atom. The first kappa shape index (κ1) is 17.4. The molecule has 0 aliphatic heterocycles. The lowest BCUT2D eigenvalue weighted by Crippen LogP contribution is -2.34. The van der Waals surface area contributed by atoms with Crippen LogP contribution < -0.4 is 5.32 Å². The van der Waals surface area contributed by atoms with Crippen molar-refractivity contribution in [2.24, 2.45) is 0 Å². The van der Waals surface area contributed by atoms with Gasteiger partial charge in [-0.2, -0.15) is 0 Å². The molecule has 0 radical (unpaired) electrons. The third kappa shape index (κ3) is 4.50. The molecule has 0 heterocycles. The van der Waals surface area contributed by atoms with E-state index in [9.17, 15) is 13.6 Å². The Morgan fingerprint density at radius 2 is 1.78 bits per heavy atom. The average Bonchev–Trinajstić information content (AvgIpc) is 2.47. The first-order valence-electron chi connectivity index (χ1n) is 7.03. The minimum absolute atomic E-state index is 0.0563. The molecule has 122 valence electrons. The van der Waals surface area contributed by atoms with Gasteiger partial charge in [0, 0.05) is 23.2 Å². The summed E-state index contributed by atoms with van der Waals surface area (Å²) in [7, 11) is 3.73. The van der Waals surface area contributed by atoms with Gasteiger partial charge in [-0.1, -0.05) is 29.8 Å². The van der Waals surface area contributed by atoms with Crippen LogP contribution >= 0.6 is 11.6 Å². The molecule has 1 atom stereocenters. The highest BCUT2D eigenvalue weighted by atomic mass is 35.5. The number of carbonyl (C=O) groups excluding carboxylic acids is 1. The Labute approximate surface area is 138 Å². The van der Waals surface area contributed by atoms with Crippen molar-refractivity contribution < 1.29 is 13.6 Å². The van der Waals surface area contributed by atoms with Crippen molar-refractivity contribution in [3.63, 3.8) is 0 Å². The normalized spacial score (nSPS) is 12.3. The molecular weight excluding hydrogens is 322 g/mol. The highest BCUT2D eigenvalue weighted by molar-refractivity contribution is 6.31. The molecule has 1 unspecified atom stereocenters. The first-order valence-corrected chi connectivity index (χ1v) is 7.41. The summed E-state index contributed by atoms with van der Waals surface area (Å²) in [6, 6.07) is 9.90. The number of amides is 1. The lowest BCUT2D eigenvalue weighted by Gasteiger charge is -2.26. The molecule has 2 rings (SSSR count). The number of likely N-dealkylation sites (N-methyl/N-ethyl adjacent to an activating group) is 1. The second-order valence-electron chi connectivity index (χ2n) is 5.37. The van der Waals surface area contributed by atoms with Crippen LogP contribution in [0.2, 0.25) is 5.02 Å². The number of hydrogen-bond donors (Lipinski definition) is 1. The van der Waals surface area contributed by atoms with Gasteiger partial charge in [0.05, 0.1) is 6.04 Å². The molecule has 23 heavy (non-hydrogen) atoms. The number of nitrogens with zero attached hydrogens (tertiary/aromatic N) is 1. The van der Waals surface area contributed by atoms with E-state index in [1.807, 2.05) is 37.2 Å². The fourth-order valence-electron chi connectivity index (χ4n) is 2.29. The quantitative estimate of drug-likeness (QED) is 0.902. The van der Waals surface area contributed by atoms with Gasteiger partial charge in [0.1, 0.15) is 11.6 Å². The standard InChI is InChI=1S/C17H17ClF2N2O/c1-22(2)16(14-5-3-4-6-15(14)18)10-21-17(23)11-7-12(19)9-13(20)8-11/h3-9,16H,10H2,1-2H3,(H,21,23). The maximum atomic E-state index is 13.2. The van der Waals surface area contributed by atoms with E-state index >= 15 is 0 Å². The Bertz CT molecular complexity index is 686. The average molecular weight is 339 g/mol. The lowest BCUT2D eigenvalue weighted by molar-refractivity contribution is 0.0941. The second-order valence-corrected chi connectivity index (χ2v) is 5.78. The number of carbonyl (C=O) groups is 1. The minimum atomic E-state index is -0.787. The zero-order valence-electron chi connectivity index (χ0n) is 12.8. The summed E-state index contributed by atoms with van der Waals surface area (Å²) >= 11 is 6.20. The molecule has 2 aromatic rings. The third-order valence-electron chi connectivity index (χ3n) is 3.47. The number of halogens is 3. The minimum Gasteiger partial charge on any atom is -0.350 e. The Balaban J connectivity index is 2.13. The van der Waals surface area contributed by atoms with E-state index in [-0.39, 0.29) is 18.2 Å². The molecule has 0 aromatic heterocycles. The van der Waals surface area contributed by atoms with Crippen LogP contribution in [0.15, 0.2) is 42.5 Å². The molecular formula is C17H17ClF2N2O. The molecule has 2 aromatic carbocycles. The second kappa shape index (κ2) is 7.53. The monoisotopic (exact) mass is 338 g/mol. The predicted molar refractivity (Wildman–Crippen MR) is 86.6 cm³/mol. The van der Waals surface area contributed by atoms with Crippen LogP contribution in [0.4, 0.5) is 8.78 Å². The molecule has 0 saturated carbocycles. The smallest absolute Gasteiger partial charge is 0.251 e. The molecule has 3 nitrogen and oxygen atoms in total. The van der Waals surface area contributed by atoms with Gasteiger partial charge in [0.2, 0.25) is 0 Å². The van der Waals surface area contributed by atoms with Gasteiger partial charge in [-0.3, -0.25) is 4.79 Å². The van der Waals surface area contributed by atoms with Crippen LogP contribution in [0.1, 0.15) is 22.0 Å². The summed E-state index contributed by atoms with van der Waals surface area (Å²) in [6.07, 6.45) is 0. The van der Waals surface area contributed by atoms with Crippen LogP contribution in [0.5, 0.6) is 0 Å². The molecule has 0 aliphatic rings. The molecule has 0 fully saturated rings. The zero-order chi connectivity index (χ0) is 17.0. The summed E-state index contributed by atoms with van der Waals surface area (Å²) < 4.78 is 26.4. The predicted octanol–water partition coefficient (Wildman–Crippen LogP) is 3.65. The molecule has 1 N–H and O–H groups in total. The summed E-state index contributed by atoms with van der Waals surface area (Å²) in [6.45, 7) is 0.258. The summed E-state index contributed by atoms with van der Waals surface area (Å²) in [5, 5.41) is 3.28. The van der Waals surface area contributed by atoms with Gasteiger partial charge in [-0.15, -0.1) is 0 Å². The zero-order valence-corrected chi connectivity index (χ0v) is 13.6. The SMILES string of the molecule is CN(C)C(CNC(=O)c1cc(F)cc(F)c1)c1ccccc1Cl. The maximum absolute atomic E-state index is 13.2. The summed E-state index contributed by atoms with van der Waals surface area (Å²) in [5.74, 6) is -2.11. The van der Waals surface area contributed by atoms with Crippen molar-refractivity contribution in [3.8, 4) is 0 Å². The third-order valence-corrected chi connectivity index (χ3v) is 3.81.